The quantitative estimate of drug-likeness (QED) is 0.659. The molecule has 3 nitrogen and oxygen atoms in total. The molecule has 76 valence electrons. The Morgan fingerprint density at radius 2 is 2.00 bits per heavy atom. The van der Waals surface area contributed by atoms with E-state index in [0.717, 1.165) is 30.2 Å². The first-order chi connectivity index (χ1) is 7.27. The van der Waals surface area contributed by atoms with Gasteiger partial charge in [-0.05, 0) is 41.8 Å². The summed E-state index contributed by atoms with van der Waals surface area (Å²) in [5.74, 6) is 0. The molecule has 0 atom stereocenters. The van der Waals surface area contributed by atoms with Crippen LogP contribution in [0.2, 0.25) is 0 Å². The van der Waals surface area contributed by atoms with Crippen LogP contribution >= 0.6 is 0 Å². The molecule has 0 aliphatic heterocycles. The van der Waals surface area contributed by atoms with Crippen LogP contribution in [0.4, 0.5) is 0 Å². The maximum absolute atomic E-state index is 11.7. The summed E-state index contributed by atoms with van der Waals surface area (Å²) in [6, 6.07) is 5.73. The van der Waals surface area contributed by atoms with Gasteiger partial charge in [-0.2, -0.15) is 4.73 Å². The van der Waals surface area contributed by atoms with Gasteiger partial charge in [-0.25, -0.2) is 0 Å². The molecule has 1 aliphatic carbocycles. The number of hydrogen-bond donors (Lipinski definition) is 1. The third-order valence-electron chi connectivity index (χ3n) is 3.08. The number of nitrogens with zero attached hydrogens (tertiary/aromatic N) is 1. The van der Waals surface area contributed by atoms with Gasteiger partial charge in [0.2, 0.25) is 0 Å². The minimum atomic E-state index is -0.322. The van der Waals surface area contributed by atoms with Gasteiger partial charge in [-0.3, -0.25) is 4.79 Å². The number of rotatable bonds is 0. The molecule has 1 N–H and O–H groups in total. The van der Waals surface area contributed by atoms with Crippen molar-refractivity contribution in [3.63, 3.8) is 0 Å². The van der Waals surface area contributed by atoms with E-state index in [0.29, 0.717) is 10.1 Å². The van der Waals surface area contributed by atoms with E-state index < -0.39 is 0 Å². The summed E-state index contributed by atoms with van der Waals surface area (Å²) in [7, 11) is 0. The molecule has 1 heterocycles. The standard InChI is InChI=1S/C12H11NO2/c14-12-10-6-2-4-8-3-1-5-9(11(8)10)7-13(12)15/h2,4,6-7,15H,1,3,5H2. The Kier molecular flexibility index (Phi) is 1.63. The lowest BCUT2D eigenvalue weighted by atomic mass is 9.90. The number of hydrogen-bond acceptors (Lipinski definition) is 2. The molecule has 2 aromatic rings. The molecule has 0 amide bonds. The third-order valence-corrected chi connectivity index (χ3v) is 3.08. The van der Waals surface area contributed by atoms with Gasteiger partial charge in [0.1, 0.15) is 0 Å². The van der Waals surface area contributed by atoms with Crippen LogP contribution in [0, 0.1) is 0 Å². The lowest BCUT2D eigenvalue weighted by Crippen LogP contribution is -2.20. The normalized spacial score (nSPS) is 14.4. The maximum atomic E-state index is 11.7. The fourth-order valence-electron chi connectivity index (χ4n) is 2.42. The van der Waals surface area contributed by atoms with Gasteiger partial charge >= 0.3 is 0 Å². The predicted molar refractivity (Wildman–Crippen MR) is 57.4 cm³/mol. The molecular formula is C12H11NO2. The first-order valence-corrected chi connectivity index (χ1v) is 5.13. The zero-order valence-electron chi connectivity index (χ0n) is 8.23. The Hall–Kier alpha value is -1.77. The number of aryl methyl sites for hydroxylation is 2. The molecule has 0 bridgehead atoms. The summed E-state index contributed by atoms with van der Waals surface area (Å²) < 4.78 is 0.701. The molecule has 3 heteroatoms. The Labute approximate surface area is 86.5 Å². The van der Waals surface area contributed by atoms with Gasteiger partial charge in [-0.15, -0.1) is 0 Å². The lowest BCUT2D eigenvalue weighted by Gasteiger charge is -2.16. The van der Waals surface area contributed by atoms with Gasteiger partial charge in [0.15, 0.2) is 0 Å². The van der Waals surface area contributed by atoms with Crippen molar-refractivity contribution >= 4 is 10.8 Å². The largest absolute Gasteiger partial charge is 0.425 e. The summed E-state index contributed by atoms with van der Waals surface area (Å²) in [5.41, 5.74) is 1.98. The van der Waals surface area contributed by atoms with E-state index in [1.807, 2.05) is 6.07 Å². The van der Waals surface area contributed by atoms with E-state index in [2.05, 4.69) is 6.07 Å². The first-order valence-electron chi connectivity index (χ1n) is 5.13. The van der Waals surface area contributed by atoms with Crippen LogP contribution in [0.3, 0.4) is 0 Å². The average Bonchev–Trinajstić information content (AvgIpc) is 2.26. The van der Waals surface area contributed by atoms with Crippen molar-refractivity contribution in [3.05, 3.63) is 45.9 Å². The van der Waals surface area contributed by atoms with Gasteiger partial charge in [-0.1, -0.05) is 12.1 Å². The van der Waals surface area contributed by atoms with Crippen molar-refractivity contribution in [2.75, 3.05) is 0 Å². The highest BCUT2D eigenvalue weighted by atomic mass is 16.5. The van der Waals surface area contributed by atoms with Crippen LogP contribution < -0.4 is 5.56 Å². The van der Waals surface area contributed by atoms with Crippen molar-refractivity contribution in [2.45, 2.75) is 19.3 Å². The van der Waals surface area contributed by atoms with E-state index >= 15 is 0 Å². The maximum Gasteiger partial charge on any atom is 0.290 e. The van der Waals surface area contributed by atoms with Crippen LogP contribution in [0.5, 0.6) is 0 Å². The van der Waals surface area contributed by atoms with Gasteiger partial charge in [0.05, 0.1) is 11.6 Å². The third kappa shape index (κ3) is 1.09. The molecule has 0 spiro atoms. The Balaban J connectivity index is 2.58. The molecule has 0 unspecified atom stereocenters. The van der Waals surface area contributed by atoms with Crippen molar-refractivity contribution in [1.29, 1.82) is 0 Å². The molecule has 3 rings (SSSR count). The van der Waals surface area contributed by atoms with Crippen molar-refractivity contribution in [2.24, 2.45) is 0 Å². The zero-order chi connectivity index (χ0) is 10.4. The highest BCUT2D eigenvalue weighted by Crippen LogP contribution is 2.27. The SMILES string of the molecule is O=c1c2cccc3c2c(cn1O)CCC3. The van der Waals surface area contributed by atoms with E-state index in [9.17, 15) is 10.0 Å². The zero-order valence-corrected chi connectivity index (χ0v) is 8.23. The summed E-state index contributed by atoms with van der Waals surface area (Å²) in [6.45, 7) is 0. The van der Waals surface area contributed by atoms with Crippen LogP contribution in [-0.4, -0.2) is 9.94 Å². The Morgan fingerprint density at radius 1 is 1.20 bits per heavy atom. The number of pyridine rings is 1. The second-order valence-corrected chi connectivity index (χ2v) is 4.00. The molecule has 0 saturated carbocycles. The van der Waals surface area contributed by atoms with Gasteiger partial charge in [0.25, 0.3) is 5.56 Å². The molecule has 1 aromatic heterocycles. The fraction of sp³-hybridized carbons (Fsp3) is 0.250. The highest BCUT2D eigenvalue weighted by Gasteiger charge is 2.15. The molecule has 15 heavy (non-hydrogen) atoms. The summed E-state index contributed by atoms with van der Waals surface area (Å²) in [4.78, 5) is 11.7. The smallest absolute Gasteiger partial charge is 0.290 e. The number of aromatic nitrogens is 1. The highest BCUT2D eigenvalue weighted by molar-refractivity contribution is 5.88. The second kappa shape index (κ2) is 2.86. The Morgan fingerprint density at radius 3 is 2.87 bits per heavy atom. The molecule has 1 aliphatic rings. The summed E-state index contributed by atoms with van der Waals surface area (Å²) in [5, 5.41) is 11.1. The predicted octanol–water partition coefficient (Wildman–Crippen LogP) is 1.73. The van der Waals surface area contributed by atoms with Gasteiger partial charge in [0, 0.05) is 0 Å². The van der Waals surface area contributed by atoms with Crippen LogP contribution in [0.1, 0.15) is 17.5 Å². The first kappa shape index (κ1) is 8.53. The summed E-state index contributed by atoms with van der Waals surface area (Å²) >= 11 is 0. The van der Waals surface area contributed by atoms with Crippen molar-refractivity contribution < 1.29 is 5.21 Å². The van der Waals surface area contributed by atoms with Crippen molar-refractivity contribution in [3.8, 4) is 0 Å². The topological polar surface area (TPSA) is 42.2 Å². The molecule has 0 fully saturated rings. The molecule has 0 saturated heterocycles. The van der Waals surface area contributed by atoms with E-state index in [4.69, 9.17) is 0 Å². The Bertz CT molecular complexity index is 598. The van der Waals surface area contributed by atoms with E-state index in [1.54, 1.807) is 12.3 Å². The van der Waals surface area contributed by atoms with Crippen molar-refractivity contribution in [1.82, 2.24) is 4.73 Å². The number of benzene rings is 1. The van der Waals surface area contributed by atoms with Gasteiger partial charge < -0.3 is 5.21 Å². The minimum Gasteiger partial charge on any atom is -0.425 e. The van der Waals surface area contributed by atoms with E-state index in [-0.39, 0.29) is 5.56 Å². The van der Waals surface area contributed by atoms with Crippen LogP contribution in [-0.2, 0) is 12.8 Å². The monoisotopic (exact) mass is 201 g/mol. The molecule has 0 radical (unpaired) electrons. The molecule has 1 aromatic carbocycles. The second-order valence-electron chi connectivity index (χ2n) is 4.00. The molecular weight excluding hydrogens is 190 g/mol. The average molecular weight is 201 g/mol. The van der Waals surface area contributed by atoms with E-state index in [1.165, 1.54) is 5.56 Å². The minimum absolute atomic E-state index is 0.322. The fourth-order valence-corrected chi connectivity index (χ4v) is 2.42. The lowest BCUT2D eigenvalue weighted by molar-refractivity contribution is 0.175. The van der Waals surface area contributed by atoms with Crippen LogP contribution in [0.15, 0.2) is 29.2 Å². The van der Waals surface area contributed by atoms with Crippen LogP contribution in [0.25, 0.3) is 10.8 Å². The summed E-state index contributed by atoms with van der Waals surface area (Å²) in [6.07, 6.45) is 4.60.